The lowest BCUT2D eigenvalue weighted by atomic mass is 9.95. The van der Waals surface area contributed by atoms with Crippen LogP contribution in [0.5, 0.6) is 0 Å². The second-order valence-corrected chi connectivity index (χ2v) is 4.98. The van der Waals surface area contributed by atoms with E-state index in [2.05, 4.69) is 12.2 Å². The molecule has 0 amide bonds. The fourth-order valence-corrected chi connectivity index (χ4v) is 2.46. The summed E-state index contributed by atoms with van der Waals surface area (Å²) >= 11 is 6.05. The Balaban J connectivity index is 2.45. The van der Waals surface area contributed by atoms with E-state index in [-0.39, 0.29) is 11.9 Å². The Morgan fingerprint density at radius 3 is 2.63 bits per heavy atom. The monoisotopic (exact) mass is 277 g/mol. The predicted molar refractivity (Wildman–Crippen MR) is 78.1 cm³/mol. The quantitative estimate of drug-likeness (QED) is 0.868. The number of hydrogen-bond donors (Lipinski definition) is 1. The van der Waals surface area contributed by atoms with Crippen LogP contribution < -0.4 is 5.32 Å². The third-order valence-corrected chi connectivity index (χ3v) is 3.37. The van der Waals surface area contributed by atoms with Crippen molar-refractivity contribution in [3.05, 3.63) is 70.0 Å². The van der Waals surface area contributed by atoms with Crippen LogP contribution in [0.15, 0.2) is 42.5 Å². The van der Waals surface area contributed by atoms with Crippen molar-refractivity contribution >= 4 is 11.6 Å². The molecule has 0 aromatic heterocycles. The predicted octanol–water partition coefficient (Wildman–Crippen LogP) is 4.49. The molecule has 100 valence electrons. The smallest absolute Gasteiger partial charge is 0.123 e. The largest absolute Gasteiger partial charge is 0.307 e. The SMILES string of the molecule is CCNC(c1cccc(Cl)c1)c1ccc(F)cc1C. The van der Waals surface area contributed by atoms with Crippen molar-refractivity contribution in [2.24, 2.45) is 0 Å². The standard InChI is InChI=1S/C16H17ClFN/c1-3-19-16(12-5-4-6-13(17)10-12)15-8-7-14(18)9-11(15)2/h4-10,16,19H,3H2,1-2H3. The van der Waals surface area contributed by atoms with Gasteiger partial charge in [-0.1, -0.05) is 36.7 Å². The van der Waals surface area contributed by atoms with Crippen LogP contribution in [0.4, 0.5) is 4.39 Å². The summed E-state index contributed by atoms with van der Waals surface area (Å²) in [6.45, 7) is 4.80. The molecule has 2 aromatic carbocycles. The maximum Gasteiger partial charge on any atom is 0.123 e. The molecule has 0 aliphatic heterocycles. The Kier molecular flexibility index (Phi) is 4.56. The maximum absolute atomic E-state index is 13.2. The lowest BCUT2D eigenvalue weighted by Crippen LogP contribution is -2.22. The van der Waals surface area contributed by atoms with E-state index in [0.717, 1.165) is 23.2 Å². The summed E-state index contributed by atoms with van der Waals surface area (Å²) in [5.74, 6) is -0.206. The molecule has 1 nitrogen and oxygen atoms in total. The molecule has 0 fully saturated rings. The summed E-state index contributed by atoms with van der Waals surface area (Å²) in [5, 5.41) is 4.13. The van der Waals surface area contributed by atoms with Gasteiger partial charge >= 0.3 is 0 Å². The van der Waals surface area contributed by atoms with E-state index in [1.165, 1.54) is 6.07 Å². The van der Waals surface area contributed by atoms with Crippen molar-refractivity contribution in [1.29, 1.82) is 0 Å². The third-order valence-electron chi connectivity index (χ3n) is 3.13. The van der Waals surface area contributed by atoms with Crippen LogP contribution in [-0.2, 0) is 0 Å². The number of benzene rings is 2. The minimum absolute atomic E-state index is 0.0318. The van der Waals surface area contributed by atoms with E-state index in [9.17, 15) is 4.39 Å². The van der Waals surface area contributed by atoms with Crippen molar-refractivity contribution in [1.82, 2.24) is 5.32 Å². The fourth-order valence-electron chi connectivity index (χ4n) is 2.26. The van der Waals surface area contributed by atoms with E-state index >= 15 is 0 Å². The molecule has 2 aromatic rings. The van der Waals surface area contributed by atoms with Crippen LogP contribution >= 0.6 is 11.6 Å². The number of nitrogens with one attached hydrogen (secondary N) is 1. The van der Waals surface area contributed by atoms with E-state index in [0.29, 0.717) is 5.02 Å². The van der Waals surface area contributed by atoms with Crippen molar-refractivity contribution in [2.45, 2.75) is 19.9 Å². The molecule has 19 heavy (non-hydrogen) atoms. The van der Waals surface area contributed by atoms with Gasteiger partial charge in [0.15, 0.2) is 0 Å². The molecule has 2 rings (SSSR count). The van der Waals surface area contributed by atoms with Crippen LogP contribution in [0.25, 0.3) is 0 Å². The molecule has 0 spiro atoms. The van der Waals surface area contributed by atoms with Crippen molar-refractivity contribution in [3.63, 3.8) is 0 Å². The lowest BCUT2D eigenvalue weighted by molar-refractivity contribution is 0.610. The highest BCUT2D eigenvalue weighted by Crippen LogP contribution is 2.27. The van der Waals surface area contributed by atoms with E-state index in [4.69, 9.17) is 11.6 Å². The van der Waals surface area contributed by atoms with Crippen molar-refractivity contribution in [3.8, 4) is 0 Å². The van der Waals surface area contributed by atoms with Gasteiger partial charge in [0.2, 0.25) is 0 Å². The van der Waals surface area contributed by atoms with Crippen LogP contribution in [0.1, 0.15) is 29.7 Å². The topological polar surface area (TPSA) is 12.0 Å². The Hall–Kier alpha value is -1.38. The summed E-state index contributed by atoms with van der Waals surface area (Å²) in [6.07, 6.45) is 0. The first-order chi connectivity index (χ1) is 9.11. The zero-order valence-corrected chi connectivity index (χ0v) is 11.8. The number of rotatable bonds is 4. The molecule has 0 heterocycles. The van der Waals surface area contributed by atoms with Gasteiger partial charge in [-0.2, -0.15) is 0 Å². The Labute approximate surface area is 118 Å². The molecular weight excluding hydrogens is 261 g/mol. The van der Waals surface area contributed by atoms with Gasteiger partial charge in [-0.3, -0.25) is 0 Å². The number of aryl methyl sites for hydroxylation is 1. The minimum Gasteiger partial charge on any atom is -0.307 e. The third kappa shape index (κ3) is 3.34. The van der Waals surface area contributed by atoms with Gasteiger partial charge in [-0.05, 0) is 54.4 Å². The van der Waals surface area contributed by atoms with E-state index < -0.39 is 0 Å². The van der Waals surface area contributed by atoms with Crippen LogP contribution in [0, 0.1) is 12.7 Å². The van der Waals surface area contributed by atoms with Crippen LogP contribution in [-0.4, -0.2) is 6.54 Å². The normalized spacial score (nSPS) is 12.4. The summed E-state index contributed by atoms with van der Waals surface area (Å²) < 4.78 is 13.2. The zero-order chi connectivity index (χ0) is 13.8. The van der Waals surface area contributed by atoms with Gasteiger partial charge in [-0.15, -0.1) is 0 Å². The van der Waals surface area contributed by atoms with Crippen LogP contribution in [0.3, 0.4) is 0 Å². The first-order valence-electron chi connectivity index (χ1n) is 6.36. The van der Waals surface area contributed by atoms with E-state index in [1.807, 2.05) is 37.3 Å². The first-order valence-corrected chi connectivity index (χ1v) is 6.74. The maximum atomic E-state index is 13.2. The molecule has 1 unspecified atom stereocenters. The number of halogens is 2. The van der Waals surface area contributed by atoms with Crippen molar-refractivity contribution < 1.29 is 4.39 Å². The van der Waals surface area contributed by atoms with Gasteiger partial charge < -0.3 is 5.32 Å². The lowest BCUT2D eigenvalue weighted by Gasteiger charge is -2.21. The Morgan fingerprint density at radius 2 is 2.00 bits per heavy atom. The summed E-state index contributed by atoms with van der Waals surface area (Å²) in [7, 11) is 0. The average molecular weight is 278 g/mol. The Morgan fingerprint density at radius 1 is 1.21 bits per heavy atom. The summed E-state index contributed by atoms with van der Waals surface area (Å²) in [4.78, 5) is 0. The molecule has 1 atom stereocenters. The molecule has 0 radical (unpaired) electrons. The molecule has 0 saturated heterocycles. The highest BCUT2D eigenvalue weighted by Gasteiger charge is 2.15. The molecule has 1 N–H and O–H groups in total. The highest BCUT2D eigenvalue weighted by atomic mass is 35.5. The van der Waals surface area contributed by atoms with Crippen molar-refractivity contribution in [2.75, 3.05) is 6.54 Å². The molecule has 0 aliphatic rings. The summed E-state index contributed by atoms with van der Waals surface area (Å²) in [5.41, 5.74) is 3.10. The Bertz CT molecular complexity index is 568. The van der Waals surface area contributed by atoms with Gasteiger partial charge in [0.1, 0.15) is 5.82 Å². The van der Waals surface area contributed by atoms with Gasteiger partial charge in [0.25, 0.3) is 0 Å². The molecular formula is C16H17ClFN. The minimum atomic E-state index is -0.206. The second kappa shape index (κ2) is 6.18. The molecule has 3 heteroatoms. The zero-order valence-electron chi connectivity index (χ0n) is 11.1. The van der Waals surface area contributed by atoms with Gasteiger partial charge in [0.05, 0.1) is 6.04 Å². The number of hydrogen-bond acceptors (Lipinski definition) is 1. The molecule has 0 bridgehead atoms. The van der Waals surface area contributed by atoms with Crippen LogP contribution in [0.2, 0.25) is 5.02 Å². The molecule has 0 aliphatic carbocycles. The molecule has 0 saturated carbocycles. The highest BCUT2D eigenvalue weighted by molar-refractivity contribution is 6.30. The first kappa shape index (κ1) is 14.0. The van der Waals surface area contributed by atoms with Gasteiger partial charge in [-0.25, -0.2) is 4.39 Å². The van der Waals surface area contributed by atoms with Gasteiger partial charge in [0, 0.05) is 5.02 Å². The van der Waals surface area contributed by atoms with E-state index in [1.54, 1.807) is 6.07 Å². The summed E-state index contributed by atoms with van der Waals surface area (Å²) in [6, 6.07) is 12.7. The second-order valence-electron chi connectivity index (χ2n) is 4.55. The fraction of sp³-hybridized carbons (Fsp3) is 0.250. The average Bonchev–Trinajstić information content (AvgIpc) is 2.37.